The van der Waals surface area contributed by atoms with Gasteiger partial charge in [-0.25, -0.2) is 0 Å². The van der Waals surface area contributed by atoms with Crippen molar-refractivity contribution in [1.82, 2.24) is 4.90 Å². The van der Waals surface area contributed by atoms with Gasteiger partial charge in [-0.1, -0.05) is 60.1 Å². The molecule has 3 heterocycles. The fourth-order valence-electron chi connectivity index (χ4n) is 4.80. The molecule has 0 bridgehead atoms. The van der Waals surface area contributed by atoms with Crippen molar-refractivity contribution >= 4 is 32.8 Å². The van der Waals surface area contributed by atoms with E-state index >= 15 is 0 Å². The Morgan fingerprint density at radius 1 is 0.971 bits per heavy atom. The maximum absolute atomic E-state index is 13.7. The first-order valence-electron chi connectivity index (χ1n) is 11.5. The van der Waals surface area contributed by atoms with Crippen LogP contribution in [0.1, 0.15) is 58.6 Å². The van der Waals surface area contributed by atoms with E-state index < -0.39 is 6.04 Å². The second kappa shape index (κ2) is 8.27. The van der Waals surface area contributed by atoms with Crippen molar-refractivity contribution in [3.8, 4) is 11.5 Å². The molecule has 3 aromatic carbocycles. The van der Waals surface area contributed by atoms with E-state index in [0.29, 0.717) is 33.9 Å². The summed E-state index contributed by atoms with van der Waals surface area (Å²) in [6.07, 6.45) is 0. The molecule has 4 aromatic rings. The van der Waals surface area contributed by atoms with E-state index in [4.69, 9.17) is 13.9 Å². The highest BCUT2D eigenvalue weighted by Crippen LogP contribution is 2.41. The number of halogens is 1. The smallest absolute Gasteiger partial charge is 0.291 e. The molecule has 0 radical (unpaired) electrons. The molecule has 0 saturated heterocycles. The molecule has 0 spiro atoms. The number of amides is 1. The molecule has 0 aliphatic carbocycles. The van der Waals surface area contributed by atoms with Gasteiger partial charge in [0.05, 0.1) is 17.0 Å². The Balaban J connectivity index is 1.51. The Bertz CT molecular complexity index is 1540. The second-order valence-corrected chi connectivity index (χ2v) is 10.1. The monoisotopic (exact) mass is 531 g/mol. The van der Waals surface area contributed by atoms with Gasteiger partial charge in [0, 0.05) is 11.0 Å². The van der Waals surface area contributed by atoms with Gasteiger partial charge < -0.3 is 18.8 Å². The van der Waals surface area contributed by atoms with Crippen molar-refractivity contribution in [3.05, 3.63) is 103 Å². The SMILES string of the molecule is CC(C)c1ccc(C2c3c(oc4ccc(Br)cc4c3=O)C(=O)N2Cc2ccc3c(c2)OCO3)cc1. The van der Waals surface area contributed by atoms with E-state index in [1.165, 1.54) is 5.56 Å². The lowest BCUT2D eigenvalue weighted by atomic mass is 9.95. The minimum Gasteiger partial charge on any atom is -0.454 e. The third kappa shape index (κ3) is 3.62. The lowest BCUT2D eigenvalue weighted by Gasteiger charge is -2.25. The molecule has 1 amide bonds. The van der Waals surface area contributed by atoms with Crippen LogP contribution in [-0.4, -0.2) is 17.6 Å². The zero-order chi connectivity index (χ0) is 24.3. The first-order valence-corrected chi connectivity index (χ1v) is 12.3. The molecule has 0 N–H and O–H groups in total. The van der Waals surface area contributed by atoms with Crippen LogP contribution in [0.3, 0.4) is 0 Å². The first-order chi connectivity index (χ1) is 16.9. The van der Waals surface area contributed by atoms with Crippen molar-refractivity contribution in [3.63, 3.8) is 0 Å². The number of hydrogen-bond acceptors (Lipinski definition) is 5. The van der Waals surface area contributed by atoms with Crippen molar-refractivity contribution in [1.29, 1.82) is 0 Å². The van der Waals surface area contributed by atoms with Crippen LogP contribution in [0, 0.1) is 0 Å². The fraction of sp³-hybridized carbons (Fsp3) is 0.214. The molecule has 1 atom stereocenters. The first kappa shape index (κ1) is 21.9. The average Bonchev–Trinajstić information content (AvgIpc) is 3.43. The van der Waals surface area contributed by atoms with Crippen LogP contribution in [0.15, 0.2) is 74.3 Å². The molecule has 1 unspecified atom stereocenters. The summed E-state index contributed by atoms with van der Waals surface area (Å²) in [6, 6.07) is 18.4. The summed E-state index contributed by atoms with van der Waals surface area (Å²) in [5, 5.41) is 0.444. The van der Waals surface area contributed by atoms with Crippen LogP contribution >= 0.6 is 15.9 Å². The third-order valence-electron chi connectivity index (χ3n) is 6.64. The van der Waals surface area contributed by atoms with Crippen LogP contribution in [0.2, 0.25) is 0 Å². The fourth-order valence-corrected chi connectivity index (χ4v) is 5.16. The highest BCUT2D eigenvalue weighted by atomic mass is 79.9. The Hall–Kier alpha value is -3.58. The van der Waals surface area contributed by atoms with Gasteiger partial charge in [-0.15, -0.1) is 0 Å². The number of ether oxygens (including phenoxy) is 2. The van der Waals surface area contributed by atoms with Crippen molar-refractivity contribution in [2.45, 2.75) is 32.4 Å². The third-order valence-corrected chi connectivity index (χ3v) is 7.13. The summed E-state index contributed by atoms with van der Waals surface area (Å²) >= 11 is 3.44. The van der Waals surface area contributed by atoms with Gasteiger partial charge in [0.2, 0.25) is 12.6 Å². The quantitative estimate of drug-likeness (QED) is 0.315. The molecule has 1 aromatic heterocycles. The molecule has 2 aliphatic rings. The molecule has 6 rings (SSSR count). The van der Waals surface area contributed by atoms with Gasteiger partial charge in [-0.3, -0.25) is 9.59 Å². The van der Waals surface area contributed by atoms with Gasteiger partial charge in [0.25, 0.3) is 5.91 Å². The Labute approximate surface area is 210 Å². The summed E-state index contributed by atoms with van der Waals surface area (Å²) in [6.45, 7) is 4.73. The largest absolute Gasteiger partial charge is 0.454 e. The molecule has 7 heteroatoms. The number of fused-ring (bicyclic) bond motifs is 3. The highest BCUT2D eigenvalue weighted by Gasteiger charge is 2.42. The number of nitrogens with zero attached hydrogens (tertiary/aromatic N) is 1. The summed E-state index contributed by atoms with van der Waals surface area (Å²) in [5.41, 5.74) is 3.50. The van der Waals surface area contributed by atoms with Crippen LogP contribution in [0.25, 0.3) is 11.0 Å². The zero-order valence-electron chi connectivity index (χ0n) is 19.2. The standard InChI is InChI=1S/C28H22BrNO5/c1-15(2)17-4-6-18(7-5-17)25-24-26(31)20-12-19(29)8-10-21(20)35-27(24)28(32)30(25)13-16-3-9-22-23(11-16)34-14-33-22/h3-12,15,25H,13-14H2,1-2H3. The lowest BCUT2D eigenvalue weighted by Crippen LogP contribution is -2.29. The lowest BCUT2D eigenvalue weighted by molar-refractivity contribution is 0.0714. The Kier molecular flexibility index (Phi) is 5.18. The summed E-state index contributed by atoms with van der Waals surface area (Å²) in [5.74, 6) is 1.49. The van der Waals surface area contributed by atoms with Crippen molar-refractivity contribution in [2.24, 2.45) is 0 Å². The average molecular weight is 532 g/mol. The minimum absolute atomic E-state index is 0.100. The number of carbonyl (C=O) groups is 1. The van der Waals surface area contributed by atoms with E-state index in [9.17, 15) is 9.59 Å². The number of rotatable bonds is 4. The number of hydrogen-bond donors (Lipinski definition) is 0. The number of benzene rings is 3. The van der Waals surface area contributed by atoms with Gasteiger partial charge in [0.1, 0.15) is 5.58 Å². The van der Waals surface area contributed by atoms with Gasteiger partial charge in [-0.2, -0.15) is 0 Å². The predicted octanol–water partition coefficient (Wildman–Crippen LogP) is 6.15. The minimum atomic E-state index is -0.566. The van der Waals surface area contributed by atoms with Gasteiger partial charge in [-0.05, 0) is 52.9 Å². The Morgan fingerprint density at radius 2 is 1.74 bits per heavy atom. The van der Waals surface area contributed by atoms with Crippen LogP contribution in [0.4, 0.5) is 0 Å². The summed E-state index contributed by atoms with van der Waals surface area (Å²) in [4.78, 5) is 29.1. The summed E-state index contributed by atoms with van der Waals surface area (Å²) < 4.78 is 17.8. The summed E-state index contributed by atoms with van der Waals surface area (Å²) in [7, 11) is 0. The molecule has 176 valence electrons. The Morgan fingerprint density at radius 3 is 2.51 bits per heavy atom. The normalized spacial score (nSPS) is 16.4. The topological polar surface area (TPSA) is 69.0 Å². The van der Waals surface area contributed by atoms with Crippen LogP contribution < -0.4 is 14.9 Å². The van der Waals surface area contributed by atoms with Crippen LogP contribution in [-0.2, 0) is 6.54 Å². The predicted molar refractivity (Wildman–Crippen MR) is 135 cm³/mol. The van der Waals surface area contributed by atoms with Gasteiger partial charge in [0.15, 0.2) is 16.9 Å². The van der Waals surface area contributed by atoms with E-state index in [-0.39, 0.29) is 30.4 Å². The molecule has 6 nitrogen and oxygen atoms in total. The van der Waals surface area contributed by atoms with E-state index in [2.05, 4.69) is 41.9 Å². The van der Waals surface area contributed by atoms with Gasteiger partial charge >= 0.3 is 0 Å². The van der Waals surface area contributed by atoms with E-state index in [0.717, 1.165) is 15.6 Å². The zero-order valence-corrected chi connectivity index (χ0v) is 20.8. The maximum atomic E-state index is 13.7. The molecule has 35 heavy (non-hydrogen) atoms. The molecule has 2 aliphatic heterocycles. The van der Waals surface area contributed by atoms with Crippen molar-refractivity contribution in [2.75, 3.05) is 6.79 Å². The van der Waals surface area contributed by atoms with Crippen LogP contribution in [0.5, 0.6) is 11.5 Å². The molecule has 0 fully saturated rings. The highest BCUT2D eigenvalue weighted by molar-refractivity contribution is 9.10. The molecular weight excluding hydrogens is 510 g/mol. The second-order valence-electron chi connectivity index (χ2n) is 9.16. The number of carbonyl (C=O) groups excluding carboxylic acids is 1. The van der Waals surface area contributed by atoms with Crippen molar-refractivity contribution < 1.29 is 18.7 Å². The van der Waals surface area contributed by atoms with E-state index in [1.54, 1.807) is 23.1 Å². The molecular formula is C28H22BrNO5. The molecule has 0 saturated carbocycles. The maximum Gasteiger partial charge on any atom is 0.291 e. The van der Waals surface area contributed by atoms with E-state index in [1.807, 2.05) is 30.3 Å².